The Bertz CT molecular complexity index is 1350. The van der Waals surface area contributed by atoms with E-state index in [0.29, 0.717) is 25.8 Å². The van der Waals surface area contributed by atoms with Crippen molar-refractivity contribution < 1.29 is 22.8 Å². The van der Waals surface area contributed by atoms with Crippen LogP contribution in [0.4, 0.5) is 18.0 Å². The van der Waals surface area contributed by atoms with E-state index in [-0.39, 0.29) is 35.1 Å². The predicted octanol–water partition coefficient (Wildman–Crippen LogP) is 7.88. The van der Waals surface area contributed by atoms with Crippen molar-refractivity contribution in [2.45, 2.75) is 64.3 Å². The van der Waals surface area contributed by atoms with Crippen molar-refractivity contribution in [3.05, 3.63) is 94.5 Å². The average molecular weight is 588 g/mol. The van der Waals surface area contributed by atoms with Gasteiger partial charge < -0.3 is 14.7 Å². The summed E-state index contributed by atoms with van der Waals surface area (Å²) in [5, 5.41) is -0.0467. The van der Waals surface area contributed by atoms with Gasteiger partial charge in [0.1, 0.15) is 0 Å². The molecule has 41 heavy (non-hydrogen) atoms. The first kappa shape index (κ1) is 30.7. The van der Waals surface area contributed by atoms with E-state index in [1.807, 2.05) is 30.9 Å². The minimum Gasteiger partial charge on any atom is -0.335 e. The van der Waals surface area contributed by atoms with E-state index in [9.17, 15) is 22.8 Å². The molecule has 0 saturated carbocycles. The number of benzene rings is 2. The third kappa shape index (κ3) is 5.76. The number of amides is 3. The molecule has 2 aliphatic rings. The molecule has 2 aromatic rings. The Labute approximate surface area is 245 Å². The fourth-order valence-electron chi connectivity index (χ4n) is 6.50. The van der Waals surface area contributed by atoms with Crippen molar-refractivity contribution in [1.82, 2.24) is 14.7 Å². The van der Waals surface area contributed by atoms with Crippen LogP contribution >= 0.6 is 11.6 Å². The number of hydrogen-bond donors (Lipinski definition) is 0. The van der Waals surface area contributed by atoms with Crippen LogP contribution in [0.1, 0.15) is 66.1 Å². The zero-order valence-corrected chi connectivity index (χ0v) is 24.7. The van der Waals surface area contributed by atoms with Crippen LogP contribution < -0.4 is 0 Å². The van der Waals surface area contributed by atoms with Gasteiger partial charge in [0.25, 0.3) is 0 Å². The van der Waals surface area contributed by atoms with Gasteiger partial charge in [-0.25, -0.2) is 4.79 Å². The first-order chi connectivity index (χ1) is 19.2. The zero-order chi connectivity index (χ0) is 30.3. The summed E-state index contributed by atoms with van der Waals surface area (Å²) >= 11 is 6.05. The summed E-state index contributed by atoms with van der Waals surface area (Å²) in [6, 6.07) is 7.73. The number of urea groups is 1. The maximum atomic E-state index is 14.2. The van der Waals surface area contributed by atoms with E-state index < -0.39 is 29.2 Å². The lowest BCUT2D eigenvalue weighted by Gasteiger charge is -2.47. The van der Waals surface area contributed by atoms with Crippen LogP contribution in [0.2, 0.25) is 5.02 Å². The van der Waals surface area contributed by atoms with Crippen LogP contribution in [0.25, 0.3) is 0 Å². The van der Waals surface area contributed by atoms with Gasteiger partial charge in [-0.15, -0.1) is 13.2 Å². The Morgan fingerprint density at radius 2 is 1.80 bits per heavy atom. The summed E-state index contributed by atoms with van der Waals surface area (Å²) < 4.78 is 40.5. The number of aryl methyl sites for hydroxylation is 2. The molecule has 2 fully saturated rings. The zero-order valence-electron chi connectivity index (χ0n) is 24.0. The monoisotopic (exact) mass is 587 g/mol. The van der Waals surface area contributed by atoms with E-state index in [2.05, 4.69) is 19.2 Å². The number of allylic oxidation sites excluding steroid dienone is 2. The van der Waals surface area contributed by atoms with Gasteiger partial charge in [0.15, 0.2) is 0 Å². The molecule has 0 radical (unpaired) electrons. The van der Waals surface area contributed by atoms with Crippen molar-refractivity contribution in [3.63, 3.8) is 0 Å². The number of rotatable bonds is 7. The highest BCUT2D eigenvalue weighted by Gasteiger charge is 2.56. The standard InChI is InChI=1S/C32H37ClF3N3O2/c1-7-11-31(12-8-2)19-27-28(26-10-9-20(3)15-21(26)4)39(14-13-38(27)29(31)40)30(41)37(6)22(5)23-16-24(32(34,35)36)18-25(33)17-23/h7-10,15-18,22,27-28H,1-2,11-14,19H2,3-6H3. The van der Waals surface area contributed by atoms with Crippen molar-refractivity contribution in [2.24, 2.45) is 5.41 Å². The number of piperazine rings is 1. The van der Waals surface area contributed by atoms with Gasteiger partial charge in [0, 0.05) is 25.2 Å². The van der Waals surface area contributed by atoms with Gasteiger partial charge in [0.2, 0.25) is 5.91 Å². The molecule has 3 atom stereocenters. The third-order valence-electron chi connectivity index (χ3n) is 8.67. The largest absolute Gasteiger partial charge is 0.416 e. The molecule has 0 N–H and O–H groups in total. The third-order valence-corrected chi connectivity index (χ3v) is 8.89. The molecule has 9 heteroatoms. The lowest BCUT2D eigenvalue weighted by Crippen LogP contribution is -2.57. The van der Waals surface area contributed by atoms with E-state index in [1.165, 1.54) is 11.0 Å². The minimum absolute atomic E-state index is 0.0458. The molecule has 4 rings (SSSR count). The number of hydrogen-bond acceptors (Lipinski definition) is 2. The highest BCUT2D eigenvalue weighted by molar-refractivity contribution is 6.30. The fourth-order valence-corrected chi connectivity index (χ4v) is 6.74. The van der Waals surface area contributed by atoms with E-state index in [4.69, 9.17) is 11.6 Å². The highest BCUT2D eigenvalue weighted by atomic mass is 35.5. The molecule has 3 amide bonds. The summed E-state index contributed by atoms with van der Waals surface area (Å²) in [6.45, 7) is 14.1. The van der Waals surface area contributed by atoms with Crippen LogP contribution in [0.3, 0.4) is 0 Å². The summed E-state index contributed by atoms with van der Waals surface area (Å²) in [5.41, 5.74) is 1.79. The quantitative estimate of drug-likeness (QED) is 0.309. The second-order valence-electron chi connectivity index (χ2n) is 11.4. The Hall–Kier alpha value is -3.26. The van der Waals surface area contributed by atoms with Crippen LogP contribution in [0.15, 0.2) is 61.7 Å². The van der Waals surface area contributed by atoms with Gasteiger partial charge in [-0.1, -0.05) is 47.5 Å². The summed E-state index contributed by atoms with van der Waals surface area (Å²) in [5.74, 6) is 0.0458. The van der Waals surface area contributed by atoms with Crippen molar-refractivity contribution in [2.75, 3.05) is 20.1 Å². The fraction of sp³-hybridized carbons (Fsp3) is 0.438. The molecule has 0 aliphatic carbocycles. The van der Waals surface area contributed by atoms with Crippen molar-refractivity contribution >= 4 is 23.5 Å². The van der Waals surface area contributed by atoms with Crippen LogP contribution in [0, 0.1) is 19.3 Å². The first-order valence-corrected chi connectivity index (χ1v) is 14.1. The number of nitrogens with zero attached hydrogens (tertiary/aromatic N) is 3. The van der Waals surface area contributed by atoms with Crippen molar-refractivity contribution in [1.29, 1.82) is 0 Å². The predicted molar refractivity (Wildman–Crippen MR) is 156 cm³/mol. The van der Waals surface area contributed by atoms with Crippen LogP contribution in [0.5, 0.6) is 0 Å². The Balaban J connectivity index is 1.74. The average Bonchev–Trinajstić information content (AvgIpc) is 3.18. The second kappa shape index (κ2) is 11.6. The summed E-state index contributed by atoms with van der Waals surface area (Å²) in [7, 11) is 1.59. The maximum absolute atomic E-state index is 14.2. The van der Waals surface area contributed by atoms with Gasteiger partial charge in [-0.05, 0) is 74.9 Å². The highest BCUT2D eigenvalue weighted by Crippen LogP contribution is 2.50. The number of carbonyl (C=O) groups is 2. The first-order valence-electron chi connectivity index (χ1n) is 13.7. The Morgan fingerprint density at radius 1 is 1.15 bits per heavy atom. The molecule has 5 nitrogen and oxygen atoms in total. The van der Waals surface area contributed by atoms with E-state index in [1.54, 1.807) is 31.0 Å². The summed E-state index contributed by atoms with van der Waals surface area (Å²) in [4.78, 5) is 33.1. The molecule has 220 valence electrons. The maximum Gasteiger partial charge on any atom is 0.416 e. The summed E-state index contributed by atoms with van der Waals surface area (Å²) in [6.07, 6.45) is 0.519. The molecule has 3 unspecified atom stereocenters. The number of alkyl halides is 3. The molecule has 2 aliphatic heterocycles. The smallest absolute Gasteiger partial charge is 0.335 e. The van der Waals surface area contributed by atoms with Gasteiger partial charge >= 0.3 is 12.2 Å². The van der Waals surface area contributed by atoms with Crippen LogP contribution in [-0.2, 0) is 11.0 Å². The van der Waals surface area contributed by atoms with Gasteiger partial charge in [-0.2, -0.15) is 13.2 Å². The van der Waals surface area contributed by atoms with Gasteiger partial charge in [0.05, 0.1) is 29.1 Å². The lowest BCUT2D eigenvalue weighted by atomic mass is 9.76. The number of carbonyl (C=O) groups excluding carboxylic acids is 2. The minimum atomic E-state index is -4.56. The van der Waals surface area contributed by atoms with E-state index >= 15 is 0 Å². The van der Waals surface area contributed by atoms with Gasteiger partial charge in [-0.3, -0.25) is 4.79 Å². The molecule has 2 heterocycles. The van der Waals surface area contributed by atoms with E-state index in [0.717, 1.165) is 28.8 Å². The molecule has 2 aromatic carbocycles. The Morgan fingerprint density at radius 3 is 2.39 bits per heavy atom. The lowest BCUT2D eigenvalue weighted by molar-refractivity contribution is -0.139. The Kier molecular flexibility index (Phi) is 8.65. The molecule has 0 bridgehead atoms. The molecule has 2 saturated heterocycles. The number of fused-ring (bicyclic) bond motifs is 1. The van der Waals surface area contributed by atoms with Crippen molar-refractivity contribution in [3.8, 4) is 0 Å². The molecular weight excluding hydrogens is 551 g/mol. The number of halogens is 4. The molecule has 0 aromatic heterocycles. The topological polar surface area (TPSA) is 43.9 Å². The van der Waals surface area contributed by atoms with Crippen LogP contribution in [-0.4, -0.2) is 52.8 Å². The molecular formula is C32H37ClF3N3O2. The normalized spacial score (nSPS) is 20.9. The molecule has 0 spiro atoms. The SMILES string of the molecule is C=CCC1(CC=C)CC2C(c3ccc(C)cc3C)N(C(=O)N(C)C(C)c3cc(Cl)cc(C(F)(F)F)c3)CCN2C1=O. The second-order valence-corrected chi connectivity index (χ2v) is 11.8.